The smallest absolute Gasteiger partial charge is 0.340 e. The van der Waals surface area contributed by atoms with Crippen molar-refractivity contribution >= 4 is 47.1 Å². The van der Waals surface area contributed by atoms with Crippen LogP contribution in [0.5, 0.6) is 0 Å². The standard InChI is InChI=1S/C51H78N2O10/c1-5-9-13-17-21-25-33-60-48(56)40-29-31-42(50(58)62-35-27-23-19-15-11-7-3)44(37-40)52-46(54)39-47(55)53-45-38-41(49(57)61-34-26-22-18-14-10-6-2)30-32-43(45)51(59)63-36-28-24-20-16-12-8-4/h29-32,37-38H,5-28,33-36,39H2,1-4H3,(H,52,54)(H,53,55). The van der Waals surface area contributed by atoms with Gasteiger partial charge in [0, 0.05) is 0 Å². The zero-order chi connectivity index (χ0) is 45.9. The molecule has 2 rings (SSSR count). The molecule has 0 unspecified atom stereocenters. The van der Waals surface area contributed by atoms with E-state index < -0.39 is 42.1 Å². The van der Waals surface area contributed by atoms with E-state index in [0.717, 1.165) is 128 Å². The lowest BCUT2D eigenvalue weighted by Gasteiger charge is -2.14. The average molecular weight is 879 g/mol. The molecule has 0 fully saturated rings. The number of carbonyl (C=O) groups excluding carboxylic acids is 6. The normalized spacial score (nSPS) is 10.9. The third-order valence-electron chi connectivity index (χ3n) is 10.7. The van der Waals surface area contributed by atoms with E-state index in [1.54, 1.807) is 0 Å². The summed E-state index contributed by atoms with van der Waals surface area (Å²) in [7, 11) is 0. The quantitative estimate of drug-likeness (QED) is 0.0291. The highest BCUT2D eigenvalue weighted by atomic mass is 16.5. The number of unbranched alkanes of at least 4 members (excludes halogenated alkanes) is 20. The van der Waals surface area contributed by atoms with E-state index in [0.29, 0.717) is 12.8 Å². The van der Waals surface area contributed by atoms with Crippen molar-refractivity contribution in [3.63, 3.8) is 0 Å². The van der Waals surface area contributed by atoms with Crippen molar-refractivity contribution in [3.8, 4) is 0 Å². The molecule has 0 radical (unpaired) electrons. The Morgan fingerprint density at radius 2 is 0.635 bits per heavy atom. The zero-order valence-electron chi connectivity index (χ0n) is 39.1. The van der Waals surface area contributed by atoms with Gasteiger partial charge in [-0.05, 0) is 62.1 Å². The van der Waals surface area contributed by atoms with E-state index in [4.69, 9.17) is 18.9 Å². The van der Waals surface area contributed by atoms with Crippen LogP contribution in [0.4, 0.5) is 11.4 Å². The van der Waals surface area contributed by atoms with Gasteiger partial charge in [-0.1, -0.05) is 156 Å². The molecule has 0 heterocycles. The van der Waals surface area contributed by atoms with Crippen LogP contribution in [0, 0.1) is 0 Å². The molecule has 2 N–H and O–H groups in total. The molecular formula is C51H78N2O10. The summed E-state index contributed by atoms with van der Waals surface area (Å²) < 4.78 is 22.1. The molecule has 2 aromatic rings. The predicted octanol–water partition coefficient (Wildman–Crippen LogP) is 12.7. The Morgan fingerprint density at radius 1 is 0.365 bits per heavy atom. The van der Waals surface area contributed by atoms with Crippen LogP contribution in [0.15, 0.2) is 36.4 Å². The van der Waals surface area contributed by atoms with Gasteiger partial charge in [0.25, 0.3) is 0 Å². The van der Waals surface area contributed by atoms with Crippen LogP contribution in [0.3, 0.4) is 0 Å². The highest BCUT2D eigenvalue weighted by Crippen LogP contribution is 2.23. The number of ether oxygens (including phenoxy) is 4. The Balaban J connectivity index is 2.21. The number of carbonyl (C=O) groups is 6. The average Bonchev–Trinajstić information content (AvgIpc) is 3.27. The fraction of sp³-hybridized carbons (Fsp3) is 0.647. The summed E-state index contributed by atoms with van der Waals surface area (Å²) in [6.07, 6.45) is 23.7. The van der Waals surface area contributed by atoms with Crippen LogP contribution in [-0.4, -0.2) is 62.1 Å². The molecule has 2 amide bonds. The molecule has 0 bridgehead atoms. The molecule has 63 heavy (non-hydrogen) atoms. The number of anilines is 2. The summed E-state index contributed by atoms with van der Waals surface area (Å²) in [5.41, 5.74) is 0.261. The van der Waals surface area contributed by atoms with E-state index >= 15 is 0 Å². The van der Waals surface area contributed by atoms with Crippen LogP contribution in [0.2, 0.25) is 0 Å². The van der Waals surface area contributed by atoms with Crippen LogP contribution < -0.4 is 10.6 Å². The fourth-order valence-electron chi connectivity index (χ4n) is 6.95. The van der Waals surface area contributed by atoms with Crippen molar-refractivity contribution in [1.29, 1.82) is 0 Å². The monoisotopic (exact) mass is 879 g/mol. The number of benzene rings is 2. The van der Waals surface area contributed by atoms with Gasteiger partial charge in [0.2, 0.25) is 11.8 Å². The Hall–Kier alpha value is -4.74. The molecule has 352 valence electrons. The van der Waals surface area contributed by atoms with Crippen LogP contribution in [-0.2, 0) is 28.5 Å². The van der Waals surface area contributed by atoms with Crippen molar-refractivity contribution < 1.29 is 47.7 Å². The maximum absolute atomic E-state index is 13.5. The Labute approximate surface area is 377 Å². The second kappa shape index (κ2) is 34.7. The van der Waals surface area contributed by atoms with Gasteiger partial charge in [-0.3, -0.25) is 9.59 Å². The van der Waals surface area contributed by atoms with Crippen LogP contribution in [0.1, 0.15) is 230 Å². The molecule has 0 aromatic heterocycles. The minimum atomic E-state index is -0.795. The zero-order valence-corrected chi connectivity index (χ0v) is 39.1. The molecule has 0 aliphatic rings. The highest BCUT2D eigenvalue weighted by molar-refractivity contribution is 6.12. The van der Waals surface area contributed by atoms with Gasteiger partial charge in [-0.15, -0.1) is 0 Å². The lowest BCUT2D eigenvalue weighted by atomic mass is 10.1. The molecule has 2 aromatic carbocycles. The molecule has 0 atom stereocenters. The summed E-state index contributed by atoms with van der Waals surface area (Å²) in [6.45, 7) is 9.46. The second-order valence-electron chi connectivity index (χ2n) is 16.4. The van der Waals surface area contributed by atoms with Gasteiger partial charge in [0.1, 0.15) is 6.42 Å². The van der Waals surface area contributed by atoms with Gasteiger partial charge >= 0.3 is 23.9 Å². The van der Waals surface area contributed by atoms with E-state index in [1.807, 2.05) is 0 Å². The molecule has 0 saturated carbocycles. The molecule has 12 heteroatoms. The van der Waals surface area contributed by atoms with Gasteiger partial charge in [-0.2, -0.15) is 0 Å². The third-order valence-corrected chi connectivity index (χ3v) is 10.7. The van der Waals surface area contributed by atoms with Crippen molar-refractivity contribution in [3.05, 3.63) is 58.7 Å². The minimum Gasteiger partial charge on any atom is -0.462 e. The van der Waals surface area contributed by atoms with Gasteiger partial charge in [0.15, 0.2) is 0 Å². The number of rotatable bonds is 36. The lowest BCUT2D eigenvalue weighted by Crippen LogP contribution is -2.24. The largest absolute Gasteiger partial charge is 0.462 e. The Bertz CT molecular complexity index is 1540. The summed E-state index contributed by atoms with van der Waals surface area (Å²) in [4.78, 5) is 79.5. The number of hydrogen-bond donors (Lipinski definition) is 2. The Morgan fingerprint density at radius 3 is 0.937 bits per heavy atom. The van der Waals surface area contributed by atoms with E-state index in [-0.39, 0.29) is 60.1 Å². The van der Waals surface area contributed by atoms with Gasteiger partial charge < -0.3 is 29.6 Å². The van der Waals surface area contributed by atoms with E-state index in [1.165, 1.54) is 49.2 Å². The first-order valence-electron chi connectivity index (χ1n) is 24.2. The van der Waals surface area contributed by atoms with E-state index in [2.05, 4.69) is 38.3 Å². The second-order valence-corrected chi connectivity index (χ2v) is 16.4. The van der Waals surface area contributed by atoms with Crippen LogP contribution >= 0.6 is 0 Å². The Kier molecular flexibility index (Phi) is 30.0. The lowest BCUT2D eigenvalue weighted by molar-refractivity contribution is -0.123. The van der Waals surface area contributed by atoms with Crippen LogP contribution in [0.25, 0.3) is 0 Å². The molecule has 0 spiro atoms. The third kappa shape index (κ3) is 24.1. The van der Waals surface area contributed by atoms with E-state index in [9.17, 15) is 28.8 Å². The number of amides is 2. The molecule has 12 nitrogen and oxygen atoms in total. The van der Waals surface area contributed by atoms with Gasteiger partial charge in [0.05, 0.1) is 60.1 Å². The maximum Gasteiger partial charge on any atom is 0.340 e. The summed E-state index contributed by atoms with van der Waals surface area (Å²) in [5.74, 6) is -4.16. The molecule has 0 saturated heterocycles. The molecular weight excluding hydrogens is 801 g/mol. The summed E-state index contributed by atoms with van der Waals surface area (Å²) in [6, 6.07) is 8.40. The van der Waals surface area contributed by atoms with Crippen molar-refractivity contribution in [2.24, 2.45) is 0 Å². The number of esters is 4. The first kappa shape index (κ1) is 54.4. The summed E-state index contributed by atoms with van der Waals surface area (Å²) >= 11 is 0. The fourth-order valence-corrected chi connectivity index (χ4v) is 6.95. The number of hydrogen-bond acceptors (Lipinski definition) is 10. The first-order valence-corrected chi connectivity index (χ1v) is 24.2. The van der Waals surface area contributed by atoms with Crippen molar-refractivity contribution in [2.45, 2.75) is 188 Å². The van der Waals surface area contributed by atoms with Gasteiger partial charge in [-0.25, -0.2) is 19.2 Å². The maximum atomic E-state index is 13.5. The molecule has 0 aliphatic heterocycles. The SMILES string of the molecule is CCCCCCCCOC(=O)c1ccc(C(=O)OCCCCCCCC)c(NC(=O)CC(=O)Nc2cc(C(=O)OCCCCCCCC)ccc2C(=O)OCCCCCCCC)c1. The topological polar surface area (TPSA) is 163 Å². The predicted molar refractivity (Wildman–Crippen MR) is 249 cm³/mol. The summed E-state index contributed by atoms with van der Waals surface area (Å²) in [5, 5.41) is 5.23. The minimum absolute atomic E-state index is 0.0103. The highest BCUT2D eigenvalue weighted by Gasteiger charge is 2.22. The van der Waals surface area contributed by atoms with Crippen molar-refractivity contribution in [1.82, 2.24) is 0 Å². The first-order chi connectivity index (χ1) is 30.6. The molecule has 0 aliphatic carbocycles. The number of nitrogens with one attached hydrogen (secondary N) is 2. The van der Waals surface area contributed by atoms with Crippen molar-refractivity contribution in [2.75, 3.05) is 37.1 Å².